The zero-order valence-electron chi connectivity index (χ0n) is 9.28. The van der Waals surface area contributed by atoms with Crippen molar-refractivity contribution in [3.05, 3.63) is 10.4 Å². The maximum absolute atomic E-state index is 11.7. The number of amides is 1. The van der Waals surface area contributed by atoms with Gasteiger partial charge in [-0.2, -0.15) is 4.98 Å². The summed E-state index contributed by atoms with van der Waals surface area (Å²) < 4.78 is 0. The molecule has 7 nitrogen and oxygen atoms in total. The molecule has 0 fully saturated rings. The van der Waals surface area contributed by atoms with E-state index in [1.54, 1.807) is 11.9 Å². The van der Waals surface area contributed by atoms with Gasteiger partial charge >= 0.3 is 0 Å². The number of carbonyl (C=O) groups is 1. The summed E-state index contributed by atoms with van der Waals surface area (Å²) in [5, 5.41) is 2.36. The Kier molecular flexibility index (Phi) is 3.87. The number of rotatable bonds is 5. The smallest absolute Gasteiger partial charge is 0.278 e. The fourth-order valence-electron chi connectivity index (χ4n) is 1.44. The Balaban J connectivity index is 3.23. The molecule has 0 spiro atoms. The Morgan fingerprint density at radius 3 is 2.88 bits per heavy atom. The predicted octanol–water partition coefficient (Wildman–Crippen LogP) is -0.233. The summed E-state index contributed by atoms with van der Waals surface area (Å²) in [5.74, 6) is 0.148. The fourth-order valence-corrected chi connectivity index (χ4v) is 1.44. The monoisotopic (exact) mass is 225 g/mol. The summed E-state index contributed by atoms with van der Waals surface area (Å²) in [7, 11) is 1.75. The molecular weight excluding hydrogens is 210 g/mol. The molecule has 0 unspecified atom stereocenters. The number of nitrogens with zero attached hydrogens (tertiary/aromatic N) is 2. The normalized spacial score (nSPS) is 9.88. The van der Waals surface area contributed by atoms with Crippen LogP contribution in [0, 0.1) is 0 Å². The Morgan fingerprint density at radius 2 is 2.31 bits per heavy atom. The van der Waals surface area contributed by atoms with Crippen LogP contribution in [0.1, 0.15) is 13.3 Å². The van der Waals surface area contributed by atoms with E-state index in [4.69, 9.17) is 5.73 Å². The summed E-state index contributed by atoms with van der Waals surface area (Å²) in [5.41, 5.74) is 5.33. The van der Waals surface area contributed by atoms with E-state index in [1.165, 1.54) is 0 Å². The molecule has 0 bridgehead atoms. The van der Waals surface area contributed by atoms with E-state index in [-0.39, 0.29) is 17.3 Å². The van der Waals surface area contributed by atoms with E-state index in [0.29, 0.717) is 18.6 Å². The highest BCUT2D eigenvalue weighted by molar-refractivity contribution is 5.78. The highest BCUT2D eigenvalue weighted by Crippen LogP contribution is 2.17. The van der Waals surface area contributed by atoms with Crippen LogP contribution in [0.25, 0.3) is 0 Å². The summed E-state index contributed by atoms with van der Waals surface area (Å²) >= 11 is 0. The van der Waals surface area contributed by atoms with Crippen molar-refractivity contribution in [2.45, 2.75) is 13.3 Å². The molecule has 0 aromatic carbocycles. The molecule has 1 amide bonds. The number of nitrogens with two attached hydrogens (primary N) is 1. The average molecular weight is 225 g/mol. The van der Waals surface area contributed by atoms with Gasteiger partial charge < -0.3 is 16.0 Å². The number of carbonyl (C=O) groups excluding carboxylic acids is 1. The first-order valence-corrected chi connectivity index (χ1v) is 4.91. The van der Waals surface area contributed by atoms with Crippen LogP contribution in [-0.2, 0) is 4.79 Å². The molecule has 1 aromatic rings. The second-order valence-electron chi connectivity index (χ2n) is 3.33. The maximum atomic E-state index is 11.7. The van der Waals surface area contributed by atoms with Gasteiger partial charge in [-0.25, -0.2) is 0 Å². The van der Waals surface area contributed by atoms with E-state index in [2.05, 4.69) is 15.3 Å². The highest BCUT2D eigenvalue weighted by atomic mass is 16.1. The lowest BCUT2D eigenvalue weighted by molar-refractivity contribution is -0.105. The van der Waals surface area contributed by atoms with Gasteiger partial charge in [-0.15, -0.1) is 0 Å². The third-order valence-corrected chi connectivity index (χ3v) is 2.05. The lowest BCUT2D eigenvalue weighted by Gasteiger charge is -2.19. The fraction of sp³-hybridized carbons (Fsp3) is 0.444. The molecule has 0 aliphatic carbocycles. The third-order valence-electron chi connectivity index (χ3n) is 2.05. The van der Waals surface area contributed by atoms with Crippen molar-refractivity contribution in [2.75, 3.05) is 29.5 Å². The third kappa shape index (κ3) is 2.50. The van der Waals surface area contributed by atoms with E-state index < -0.39 is 0 Å². The molecule has 0 saturated carbocycles. The number of anilines is 3. The minimum absolute atomic E-state index is 0.0250. The minimum Gasteiger partial charge on any atom is -0.369 e. The molecule has 1 rings (SSSR count). The van der Waals surface area contributed by atoms with Gasteiger partial charge in [-0.1, -0.05) is 6.92 Å². The standard InChI is InChI=1S/C9H15N5O2/c1-3-4-14(2)6-7(11-5-15)12-9(10)13-8(6)16/h5H,3-4H2,1-2H3,(H4,10,11,12,13,15,16). The van der Waals surface area contributed by atoms with Crippen molar-refractivity contribution in [1.82, 2.24) is 9.97 Å². The molecule has 7 heteroatoms. The Hall–Kier alpha value is -2.05. The van der Waals surface area contributed by atoms with Crippen molar-refractivity contribution in [2.24, 2.45) is 0 Å². The molecule has 0 saturated heterocycles. The summed E-state index contributed by atoms with van der Waals surface area (Å²) in [6.45, 7) is 2.67. The second kappa shape index (κ2) is 5.15. The molecule has 0 radical (unpaired) electrons. The largest absolute Gasteiger partial charge is 0.369 e. The van der Waals surface area contributed by atoms with E-state index in [1.807, 2.05) is 6.92 Å². The number of aromatic nitrogens is 2. The van der Waals surface area contributed by atoms with Crippen LogP contribution in [-0.4, -0.2) is 30.0 Å². The van der Waals surface area contributed by atoms with Crippen LogP contribution >= 0.6 is 0 Å². The van der Waals surface area contributed by atoms with Crippen LogP contribution < -0.4 is 21.5 Å². The molecule has 16 heavy (non-hydrogen) atoms. The van der Waals surface area contributed by atoms with Crippen LogP contribution in [0.15, 0.2) is 4.79 Å². The lowest BCUT2D eigenvalue weighted by Crippen LogP contribution is -2.28. The van der Waals surface area contributed by atoms with Gasteiger partial charge in [0.2, 0.25) is 12.4 Å². The number of aromatic amines is 1. The second-order valence-corrected chi connectivity index (χ2v) is 3.33. The van der Waals surface area contributed by atoms with Crippen LogP contribution in [0.5, 0.6) is 0 Å². The van der Waals surface area contributed by atoms with Gasteiger partial charge in [0.15, 0.2) is 5.82 Å². The summed E-state index contributed by atoms with van der Waals surface area (Å²) in [6, 6.07) is 0. The number of nitrogens with one attached hydrogen (secondary N) is 2. The zero-order valence-corrected chi connectivity index (χ0v) is 9.28. The molecule has 0 aliphatic heterocycles. The SMILES string of the molecule is CCCN(C)c1c(NC=O)nc(N)[nH]c1=O. The van der Waals surface area contributed by atoms with Gasteiger partial charge in [0, 0.05) is 13.6 Å². The zero-order chi connectivity index (χ0) is 12.1. The molecule has 4 N–H and O–H groups in total. The van der Waals surface area contributed by atoms with Crippen LogP contribution in [0.3, 0.4) is 0 Å². The molecule has 1 aromatic heterocycles. The van der Waals surface area contributed by atoms with Crippen molar-refractivity contribution in [3.63, 3.8) is 0 Å². The Labute approximate surface area is 92.7 Å². The van der Waals surface area contributed by atoms with Crippen LogP contribution in [0.4, 0.5) is 17.5 Å². The maximum Gasteiger partial charge on any atom is 0.278 e. The molecule has 0 atom stereocenters. The Bertz CT molecular complexity index is 428. The number of hydrogen-bond donors (Lipinski definition) is 3. The van der Waals surface area contributed by atoms with E-state index >= 15 is 0 Å². The topological polar surface area (TPSA) is 104 Å². The van der Waals surface area contributed by atoms with Crippen molar-refractivity contribution >= 4 is 23.9 Å². The molecular formula is C9H15N5O2. The van der Waals surface area contributed by atoms with Gasteiger partial charge in [-0.05, 0) is 6.42 Å². The first-order chi connectivity index (χ1) is 7.60. The summed E-state index contributed by atoms with van der Waals surface area (Å²) in [4.78, 5) is 30.1. The number of H-pyrrole nitrogens is 1. The number of hydrogen-bond acceptors (Lipinski definition) is 5. The average Bonchev–Trinajstić information content (AvgIpc) is 2.17. The molecule has 0 aliphatic rings. The van der Waals surface area contributed by atoms with Gasteiger partial charge in [0.05, 0.1) is 0 Å². The molecule has 1 heterocycles. The van der Waals surface area contributed by atoms with Crippen molar-refractivity contribution in [3.8, 4) is 0 Å². The lowest BCUT2D eigenvalue weighted by atomic mass is 10.3. The molecule has 88 valence electrons. The minimum atomic E-state index is -0.368. The van der Waals surface area contributed by atoms with Crippen LogP contribution in [0.2, 0.25) is 0 Å². The predicted molar refractivity (Wildman–Crippen MR) is 62.5 cm³/mol. The van der Waals surface area contributed by atoms with Crippen molar-refractivity contribution in [1.29, 1.82) is 0 Å². The van der Waals surface area contributed by atoms with E-state index in [0.717, 1.165) is 6.42 Å². The Morgan fingerprint density at radius 1 is 1.62 bits per heavy atom. The van der Waals surface area contributed by atoms with E-state index in [9.17, 15) is 9.59 Å². The quantitative estimate of drug-likeness (QED) is 0.600. The first-order valence-electron chi connectivity index (χ1n) is 4.91. The number of nitrogen functional groups attached to an aromatic ring is 1. The van der Waals surface area contributed by atoms with Gasteiger partial charge in [0.1, 0.15) is 5.69 Å². The summed E-state index contributed by atoms with van der Waals surface area (Å²) in [6.07, 6.45) is 1.34. The van der Waals surface area contributed by atoms with Crippen molar-refractivity contribution < 1.29 is 4.79 Å². The first kappa shape index (κ1) is 12.0. The van der Waals surface area contributed by atoms with Gasteiger partial charge in [0.25, 0.3) is 5.56 Å². The highest BCUT2D eigenvalue weighted by Gasteiger charge is 2.13. The van der Waals surface area contributed by atoms with Gasteiger partial charge in [-0.3, -0.25) is 14.6 Å².